The van der Waals surface area contributed by atoms with Crippen LogP contribution in [0.1, 0.15) is 12.0 Å². The fourth-order valence-electron chi connectivity index (χ4n) is 3.98. The normalized spacial score (nSPS) is 19.4. The summed E-state index contributed by atoms with van der Waals surface area (Å²) in [6, 6.07) is 24.8. The molecule has 3 aromatic carbocycles. The molecular weight excluding hydrogens is 412 g/mol. The van der Waals surface area contributed by atoms with E-state index >= 15 is 0 Å². The van der Waals surface area contributed by atoms with Crippen molar-refractivity contribution in [1.29, 1.82) is 0 Å². The van der Waals surface area contributed by atoms with Crippen LogP contribution in [0.25, 0.3) is 11.1 Å². The highest BCUT2D eigenvalue weighted by Crippen LogP contribution is 2.24. The van der Waals surface area contributed by atoms with E-state index in [1.54, 1.807) is 24.3 Å². The molecule has 0 amide bonds. The van der Waals surface area contributed by atoms with Crippen LogP contribution in [0, 0.1) is 0 Å². The van der Waals surface area contributed by atoms with Crippen LogP contribution in [0.2, 0.25) is 0 Å². The van der Waals surface area contributed by atoms with Crippen molar-refractivity contribution in [3.05, 3.63) is 90.5 Å². The molecule has 0 radical (unpaired) electrons. The highest BCUT2D eigenvalue weighted by Gasteiger charge is 2.38. The molecule has 1 fully saturated rings. The summed E-state index contributed by atoms with van der Waals surface area (Å²) in [5.74, 6) is -0.940. The molecule has 2 atom stereocenters. The van der Waals surface area contributed by atoms with Crippen LogP contribution in [-0.2, 0) is 21.4 Å². The smallest absolute Gasteiger partial charge is 0.320 e. The van der Waals surface area contributed by atoms with Crippen molar-refractivity contribution in [2.45, 2.75) is 29.9 Å². The van der Waals surface area contributed by atoms with Crippen LogP contribution in [-0.4, -0.2) is 43.0 Å². The van der Waals surface area contributed by atoms with E-state index in [9.17, 15) is 18.3 Å². The van der Waals surface area contributed by atoms with Crippen molar-refractivity contribution in [3.63, 3.8) is 0 Å². The molecule has 1 saturated heterocycles. The zero-order valence-corrected chi connectivity index (χ0v) is 17.7. The predicted octanol–water partition coefficient (Wildman–Crippen LogP) is 3.36. The molecule has 1 heterocycles. The monoisotopic (exact) mass is 436 g/mol. The van der Waals surface area contributed by atoms with Crippen LogP contribution >= 0.6 is 0 Å². The molecule has 1 aliphatic rings. The largest absolute Gasteiger partial charge is 0.480 e. The van der Waals surface area contributed by atoms with E-state index in [1.807, 2.05) is 65.6 Å². The third-order valence-electron chi connectivity index (χ3n) is 5.51. The molecule has 0 aliphatic carbocycles. The van der Waals surface area contributed by atoms with Gasteiger partial charge in [-0.1, -0.05) is 72.8 Å². The Morgan fingerprint density at radius 3 is 2.10 bits per heavy atom. The minimum Gasteiger partial charge on any atom is -0.480 e. The summed E-state index contributed by atoms with van der Waals surface area (Å²) in [7, 11) is -3.76. The number of aliphatic carboxylic acids is 1. The molecule has 0 spiro atoms. The molecule has 6 nitrogen and oxygen atoms in total. The van der Waals surface area contributed by atoms with Gasteiger partial charge in [-0.2, -0.15) is 0 Å². The fraction of sp³-hybridized carbons (Fsp3) is 0.208. The molecule has 0 aromatic heterocycles. The van der Waals surface area contributed by atoms with E-state index < -0.39 is 28.1 Å². The summed E-state index contributed by atoms with van der Waals surface area (Å²) >= 11 is 0. The van der Waals surface area contributed by atoms with Crippen LogP contribution in [0.3, 0.4) is 0 Å². The van der Waals surface area contributed by atoms with Crippen molar-refractivity contribution >= 4 is 16.0 Å². The summed E-state index contributed by atoms with van der Waals surface area (Å²) in [6.45, 7) is 0.801. The van der Waals surface area contributed by atoms with Gasteiger partial charge in [0.05, 0.1) is 4.90 Å². The number of rotatable bonds is 7. The van der Waals surface area contributed by atoms with Gasteiger partial charge in [0.25, 0.3) is 0 Å². The third-order valence-corrected chi connectivity index (χ3v) is 7.05. The van der Waals surface area contributed by atoms with Gasteiger partial charge in [-0.25, -0.2) is 13.1 Å². The van der Waals surface area contributed by atoms with Crippen molar-refractivity contribution in [3.8, 4) is 11.1 Å². The molecule has 0 saturated carbocycles. The molecule has 4 rings (SSSR count). The Kier molecular flexibility index (Phi) is 6.18. The maximum atomic E-state index is 12.9. The Morgan fingerprint density at radius 2 is 1.48 bits per heavy atom. The van der Waals surface area contributed by atoms with Crippen LogP contribution in [0.5, 0.6) is 0 Å². The number of hydrogen-bond acceptors (Lipinski definition) is 4. The van der Waals surface area contributed by atoms with Gasteiger partial charge in [0, 0.05) is 19.1 Å². The third kappa shape index (κ3) is 5.02. The van der Waals surface area contributed by atoms with Gasteiger partial charge >= 0.3 is 5.97 Å². The molecular formula is C24H24N2O4S. The highest BCUT2D eigenvalue weighted by atomic mass is 32.2. The van der Waals surface area contributed by atoms with Gasteiger partial charge in [-0.15, -0.1) is 0 Å². The Morgan fingerprint density at radius 1 is 0.903 bits per heavy atom. The first-order valence-corrected chi connectivity index (χ1v) is 11.6. The molecule has 0 unspecified atom stereocenters. The van der Waals surface area contributed by atoms with Crippen molar-refractivity contribution < 1.29 is 18.3 Å². The number of carboxylic acid groups (broad SMARTS) is 1. The quantitative estimate of drug-likeness (QED) is 0.593. The van der Waals surface area contributed by atoms with Gasteiger partial charge in [0.2, 0.25) is 10.0 Å². The fourth-order valence-corrected chi connectivity index (χ4v) is 5.22. The van der Waals surface area contributed by atoms with E-state index in [4.69, 9.17) is 0 Å². The lowest BCUT2D eigenvalue weighted by atomic mass is 10.1. The first-order valence-electron chi connectivity index (χ1n) is 10.1. The van der Waals surface area contributed by atoms with Gasteiger partial charge < -0.3 is 5.11 Å². The van der Waals surface area contributed by atoms with Gasteiger partial charge in [0.15, 0.2) is 0 Å². The number of carboxylic acids is 1. The second-order valence-electron chi connectivity index (χ2n) is 7.71. The minimum absolute atomic E-state index is 0.167. The second kappa shape index (κ2) is 9.01. The van der Waals surface area contributed by atoms with E-state index in [-0.39, 0.29) is 11.3 Å². The van der Waals surface area contributed by atoms with Crippen LogP contribution < -0.4 is 4.72 Å². The topological polar surface area (TPSA) is 86.7 Å². The maximum Gasteiger partial charge on any atom is 0.320 e. The number of nitrogens with zero attached hydrogens (tertiary/aromatic N) is 1. The Balaban J connectivity index is 1.47. The molecule has 0 bridgehead atoms. The van der Waals surface area contributed by atoms with Crippen molar-refractivity contribution in [2.24, 2.45) is 0 Å². The minimum atomic E-state index is -3.76. The van der Waals surface area contributed by atoms with Crippen LogP contribution in [0.15, 0.2) is 89.8 Å². The van der Waals surface area contributed by atoms with E-state index in [0.29, 0.717) is 13.1 Å². The Hall–Kier alpha value is -3.00. The lowest BCUT2D eigenvalue weighted by molar-refractivity contribution is -0.142. The van der Waals surface area contributed by atoms with Crippen molar-refractivity contribution in [1.82, 2.24) is 9.62 Å². The lowest BCUT2D eigenvalue weighted by Crippen LogP contribution is -2.37. The lowest BCUT2D eigenvalue weighted by Gasteiger charge is -2.21. The standard InChI is InChI=1S/C24H24N2O4S/c27-24(28)23-15-21(17-26(23)16-18-7-3-1-4-8-18)25-31(29,30)22-13-11-20(12-14-22)19-9-5-2-6-10-19/h1-14,21,23,25H,15-17H2,(H,27,28)/t21-,23-/m0/s1. The summed E-state index contributed by atoms with van der Waals surface area (Å²) in [5, 5.41) is 9.61. The number of likely N-dealkylation sites (tertiary alicyclic amines) is 1. The second-order valence-corrected chi connectivity index (χ2v) is 9.43. The van der Waals surface area contributed by atoms with E-state index in [1.165, 1.54) is 0 Å². The Bertz CT molecular complexity index is 1130. The first kappa shape index (κ1) is 21.2. The average Bonchev–Trinajstić information content (AvgIpc) is 3.17. The molecule has 31 heavy (non-hydrogen) atoms. The zero-order chi connectivity index (χ0) is 21.8. The van der Waals surface area contributed by atoms with Gasteiger partial charge in [-0.3, -0.25) is 9.69 Å². The van der Waals surface area contributed by atoms with Gasteiger partial charge in [-0.05, 0) is 35.2 Å². The number of carbonyl (C=O) groups is 1. The van der Waals surface area contributed by atoms with Gasteiger partial charge in [0.1, 0.15) is 6.04 Å². The molecule has 3 aromatic rings. The molecule has 160 valence electrons. The maximum absolute atomic E-state index is 12.9. The van der Waals surface area contributed by atoms with Crippen molar-refractivity contribution in [2.75, 3.05) is 6.54 Å². The number of sulfonamides is 1. The van der Waals surface area contributed by atoms with Crippen LogP contribution in [0.4, 0.5) is 0 Å². The Labute approximate surface area is 182 Å². The number of benzene rings is 3. The van der Waals surface area contributed by atoms with E-state index in [0.717, 1.165) is 16.7 Å². The zero-order valence-electron chi connectivity index (χ0n) is 16.9. The first-order chi connectivity index (χ1) is 14.9. The number of hydrogen-bond donors (Lipinski definition) is 2. The summed E-state index contributed by atoms with van der Waals surface area (Å²) in [4.78, 5) is 13.7. The SMILES string of the molecule is O=C(O)[C@@H]1C[C@H](NS(=O)(=O)c2ccc(-c3ccccc3)cc2)CN1Cc1ccccc1. The molecule has 2 N–H and O–H groups in total. The summed E-state index contributed by atoms with van der Waals surface area (Å²) in [5.41, 5.74) is 2.94. The molecule has 7 heteroatoms. The van der Waals surface area contributed by atoms with E-state index in [2.05, 4.69) is 4.72 Å². The molecule has 1 aliphatic heterocycles. The number of nitrogens with one attached hydrogen (secondary N) is 1. The average molecular weight is 437 g/mol. The highest BCUT2D eigenvalue weighted by molar-refractivity contribution is 7.89. The predicted molar refractivity (Wildman–Crippen MR) is 119 cm³/mol. The summed E-state index contributed by atoms with van der Waals surface area (Å²) < 4.78 is 28.5. The summed E-state index contributed by atoms with van der Waals surface area (Å²) in [6.07, 6.45) is 0.226.